The van der Waals surface area contributed by atoms with E-state index in [4.69, 9.17) is 4.74 Å². The predicted molar refractivity (Wildman–Crippen MR) is 56.9 cm³/mol. The molecule has 0 bridgehead atoms. The van der Waals surface area contributed by atoms with Gasteiger partial charge in [0.25, 0.3) is 0 Å². The van der Waals surface area contributed by atoms with E-state index < -0.39 is 0 Å². The number of ether oxygens (including phenoxy) is 1. The fourth-order valence-corrected chi connectivity index (χ4v) is 1.62. The topological polar surface area (TPSA) is 29.5 Å². The number of rotatable bonds is 3. The van der Waals surface area contributed by atoms with Crippen LogP contribution in [0.1, 0.15) is 10.4 Å². The Hall–Kier alpha value is -1.19. The Bertz CT molecular complexity index is 318. The van der Waals surface area contributed by atoms with Crippen molar-refractivity contribution in [1.82, 2.24) is 4.90 Å². The lowest BCUT2D eigenvalue weighted by Gasteiger charge is -2.25. The summed E-state index contributed by atoms with van der Waals surface area (Å²) in [5.41, 5.74) is 0.740. The molecule has 0 unspecified atom stereocenters. The second kappa shape index (κ2) is 5.05. The molecule has 0 N–H and O–H groups in total. The maximum absolute atomic E-state index is 11.8. The third-order valence-corrected chi connectivity index (χ3v) is 2.50. The molecule has 1 aromatic rings. The largest absolute Gasteiger partial charge is 0.379 e. The van der Waals surface area contributed by atoms with Crippen LogP contribution in [0.15, 0.2) is 24.3 Å². The molecule has 1 fully saturated rings. The predicted octanol–water partition coefficient (Wildman–Crippen LogP) is 1.00. The Balaban J connectivity index is 1.91. The van der Waals surface area contributed by atoms with Gasteiger partial charge in [-0.1, -0.05) is 18.2 Å². The summed E-state index contributed by atoms with van der Waals surface area (Å²) in [5.74, 6) is 0.161. The Morgan fingerprint density at radius 3 is 2.93 bits per heavy atom. The molecule has 1 aromatic carbocycles. The molecule has 1 aliphatic heterocycles. The molecule has 15 heavy (non-hydrogen) atoms. The maximum atomic E-state index is 11.8. The van der Waals surface area contributed by atoms with Gasteiger partial charge in [-0.2, -0.15) is 0 Å². The summed E-state index contributed by atoms with van der Waals surface area (Å²) in [6.07, 6.45) is 0. The average molecular weight is 204 g/mol. The van der Waals surface area contributed by atoms with Gasteiger partial charge >= 0.3 is 0 Å². The van der Waals surface area contributed by atoms with Gasteiger partial charge in [0.05, 0.1) is 19.8 Å². The van der Waals surface area contributed by atoms with Crippen LogP contribution in [0.2, 0.25) is 0 Å². The number of benzene rings is 1. The minimum absolute atomic E-state index is 0.161. The van der Waals surface area contributed by atoms with E-state index in [9.17, 15) is 4.79 Å². The lowest BCUT2D eigenvalue weighted by molar-refractivity contribution is 0.0371. The van der Waals surface area contributed by atoms with E-state index >= 15 is 0 Å². The molecule has 3 nitrogen and oxygen atoms in total. The number of hydrogen-bond acceptors (Lipinski definition) is 3. The van der Waals surface area contributed by atoms with Gasteiger partial charge in [-0.15, -0.1) is 0 Å². The van der Waals surface area contributed by atoms with Gasteiger partial charge < -0.3 is 4.74 Å². The van der Waals surface area contributed by atoms with Crippen molar-refractivity contribution in [2.45, 2.75) is 0 Å². The van der Waals surface area contributed by atoms with Crippen molar-refractivity contribution in [2.24, 2.45) is 0 Å². The van der Waals surface area contributed by atoms with Gasteiger partial charge in [0.1, 0.15) is 0 Å². The summed E-state index contributed by atoms with van der Waals surface area (Å²) in [4.78, 5) is 13.9. The number of morpholine rings is 1. The third-order valence-electron chi connectivity index (χ3n) is 2.50. The van der Waals surface area contributed by atoms with Gasteiger partial charge in [-0.25, -0.2) is 0 Å². The van der Waals surface area contributed by atoms with E-state index in [2.05, 4.69) is 11.0 Å². The molecule has 2 rings (SSSR count). The molecule has 3 heteroatoms. The van der Waals surface area contributed by atoms with Crippen LogP contribution in [0, 0.1) is 6.07 Å². The van der Waals surface area contributed by atoms with Gasteiger partial charge in [-0.05, 0) is 12.1 Å². The molecule has 1 saturated heterocycles. The van der Waals surface area contributed by atoms with E-state index in [0.29, 0.717) is 6.54 Å². The fourth-order valence-electron chi connectivity index (χ4n) is 1.62. The Labute approximate surface area is 89.7 Å². The SMILES string of the molecule is O=C(CN1CCOCC1)c1c[c]ccc1. The fraction of sp³-hybridized carbons (Fsp3) is 0.417. The highest BCUT2D eigenvalue weighted by Gasteiger charge is 2.14. The van der Waals surface area contributed by atoms with Crippen molar-refractivity contribution >= 4 is 5.78 Å². The van der Waals surface area contributed by atoms with E-state index in [1.807, 2.05) is 12.1 Å². The summed E-state index contributed by atoms with van der Waals surface area (Å²) in [7, 11) is 0. The summed E-state index contributed by atoms with van der Waals surface area (Å²) >= 11 is 0. The molecule has 0 aromatic heterocycles. The minimum atomic E-state index is 0.161. The van der Waals surface area contributed by atoms with E-state index in [1.54, 1.807) is 12.1 Å². The normalized spacial score (nSPS) is 17.6. The van der Waals surface area contributed by atoms with E-state index in [-0.39, 0.29) is 5.78 Å². The van der Waals surface area contributed by atoms with Crippen LogP contribution >= 0.6 is 0 Å². The number of hydrogen-bond donors (Lipinski definition) is 0. The molecular formula is C12H14NO2. The number of carbonyl (C=O) groups is 1. The number of nitrogens with zero attached hydrogens (tertiary/aromatic N) is 1. The molecule has 0 atom stereocenters. The standard InChI is InChI=1S/C12H14NO2/c14-12(11-4-2-1-3-5-11)10-13-6-8-15-9-7-13/h1-2,4-5H,6-10H2. The first-order valence-corrected chi connectivity index (χ1v) is 5.16. The van der Waals surface area contributed by atoms with Crippen LogP contribution in [0.3, 0.4) is 0 Å². The van der Waals surface area contributed by atoms with Gasteiger partial charge in [0.15, 0.2) is 5.78 Å². The van der Waals surface area contributed by atoms with Crippen molar-refractivity contribution < 1.29 is 9.53 Å². The van der Waals surface area contributed by atoms with Crippen molar-refractivity contribution in [3.05, 3.63) is 35.9 Å². The van der Waals surface area contributed by atoms with Crippen molar-refractivity contribution in [3.8, 4) is 0 Å². The Morgan fingerprint density at radius 2 is 2.27 bits per heavy atom. The first-order chi connectivity index (χ1) is 7.36. The highest BCUT2D eigenvalue weighted by atomic mass is 16.5. The van der Waals surface area contributed by atoms with Gasteiger partial charge in [0.2, 0.25) is 0 Å². The zero-order valence-electron chi connectivity index (χ0n) is 8.61. The highest BCUT2D eigenvalue weighted by Crippen LogP contribution is 2.03. The monoisotopic (exact) mass is 204 g/mol. The average Bonchev–Trinajstić information content (AvgIpc) is 2.31. The summed E-state index contributed by atoms with van der Waals surface area (Å²) < 4.78 is 5.23. The molecule has 0 saturated carbocycles. The summed E-state index contributed by atoms with van der Waals surface area (Å²) in [6, 6.07) is 10.1. The van der Waals surface area contributed by atoms with Crippen LogP contribution in [0.4, 0.5) is 0 Å². The smallest absolute Gasteiger partial charge is 0.176 e. The van der Waals surface area contributed by atoms with Crippen LogP contribution in [0.5, 0.6) is 0 Å². The lowest BCUT2D eigenvalue weighted by Crippen LogP contribution is -2.39. The van der Waals surface area contributed by atoms with Crippen molar-refractivity contribution in [2.75, 3.05) is 32.8 Å². The molecule has 79 valence electrons. The first-order valence-electron chi connectivity index (χ1n) is 5.16. The second-order valence-corrected chi connectivity index (χ2v) is 3.60. The maximum Gasteiger partial charge on any atom is 0.176 e. The summed E-state index contributed by atoms with van der Waals surface area (Å²) in [5, 5.41) is 0. The molecule has 1 aliphatic rings. The number of carbonyl (C=O) groups excluding carboxylic acids is 1. The van der Waals surface area contributed by atoms with Gasteiger partial charge in [-0.3, -0.25) is 9.69 Å². The second-order valence-electron chi connectivity index (χ2n) is 3.60. The quantitative estimate of drug-likeness (QED) is 0.688. The Morgan fingerprint density at radius 1 is 1.47 bits per heavy atom. The zero-order valence-corrected chi connectivity index (χ0v) is 8.61. The van der Waals surface area contributed by atoms with E-state index in [1.165, 1.54) is 0 Å². The molecule has 1 heterocycles. The molecule has 0 amide bonds. The number of ketones is 1. The molecular weight excluding hydrogens is 190 g/mol. The van der Waals surface area contributed by atoms with Gasteiger partial charge in [0, 0.05) is 18.7 Å². The van der Waals surface area contributed by atoms with Crippen molar-refractivity contribution in [3.63, 3.8) is 0 Å². The zero-order chi connectivity index (χ0) is 10.5. The third kappa shape index (κ3) is 2.88. The first kappa shape index (κ1) is 10.3. The van der Waals surface area contributed by atoms with E-state index in [0.717, 1.165) is 31.9 Å². The minimum Gasteiger partial charge on any atom is -0.379 e. The number of Topliss-reactive ketones (excluding diaryl/α,β-unsaturated/α-hetero) is 1. The Kier molecular flexibility index (Phi) is 3.48. The molecule has 0 spiro atoms. The van der Waals surface area contributed by atoms with Crippen LogP contribution < -0.4 is 0 Å². The summed E-state index contributed by atoms with van der Waals surface area (Å²) in [6.45, 7) is 3.65. The highest BCUT2D eigenvalue weighted by molar-refractivity contribution is 5.97. The van der Waals surface area contributed by atoms with Crippen molar-refractivity contribution in [1.29, 1.82) is 0 Å². The molecule has 0 aliphatic carbocycles. The van der Waals surface area contributed by atoms with Crippen LogP contribution in [-0.2, 0) is 4.74 Å². The van der Waals surface area contributed by atoms with Crippen LogP contribution in [-0.4, -0.2) is 43.5 Å². The molecule has 1 radical (unpaired) electrons. The lowest BCUT2D eigenvalue weighted by atomic mass is 10.1. The van der Waals surface area contributed by atoms with Crippen LogP contribution in [0.25, 0.3) is 0 Å².